The predicted molar refractivity (Wildman–Crippen MR) is 114 cm³/mol. The van der Waals surface area contributed by atoms with Gasteiger partial charge in [-0.2, -0.15) is 0 Å². The normalized spacial score (nSPS) is 10.7. The van der Waals surface area contributed by atoms with Crippen molar-refractivity contribution in [2.24, 2.45) is 0 Å². The Morgan fingerprint density at radius 3 is 2.50 bits per heavy atom. The molecule has 1 N–H and O–H groups in total. The highest BCUT2D eigenvalue weighted by molar-refractivity contribution is 6.10. The van der Waals surface area contributed by atoms with Crippen molar-refractivity contribution in [3.63, 3.8) is 0 Å². The van der Waals surface area contributed by atoms with Crippen molar-refractivity contribution in [3.8, 4) is 11.4 Å². The molecule has 6 heteroatoms. The van der Waals surface area contributed by atoms with Gasteiger partial charge in [0.2, 0.25) is 0 Å². The van der Waals surface area contributed by atoms with Crippen molar-refractivity contribution in [1.82, 2.24) is 9.55 Å². The molecule has 0 aliphatic carbocycles. The molecule has 3 rings (SSSR count). The average Bonchev–Trinajstić information content (AvgIpc) is 3.28. The van der Waals surface area contributed by atoms with Crippen LogP contribution in [-0.2, 0) is 4.79 Å². The van der Waals surface area contributed by atoms with Crippen molar-refractivity contribution in [3.05, 3.63) is 77.9 Å². The number of aliphatic carboxylic acids is 1. The van der Waals surface area contributed by atoms with Gasteiger partial charge in [0.05, 0.1) is 18.5 Å². The van der Waals surface area contributed by atoms with Gasteiger partial charge in [0.25, 0.3) is 0 Å². The number of hydrogen-bond acceptors (Lipinski definition) is 4. The number of benzene rings is 2. The highest BCUT2D eigenvalue weighted by Crippen LogP contribution is 2.24. The zero-order valence-corrected chi connectivity index (χ0v) is 17.1. The van der Waals surface area contributed by atoms with E-state index in [0.29, 0.717) is 29.9 Å². The summed E-state index contributed by atoms with van der Waals surface area (Å²) in [7, 11) is 0. The minimum Gasteiger partial charge on any atom is -0.493 e. The molecule has 0 spiro atoms. The van der Waals surface area contributed by atoms with E-state index in [1.54, 1.807) is 12.5 Å². The molecule has 0 fully saturated rings. The summed E-state index contributed by atoms with van der Waals surface area (Å²) in [6.07, 6.45) is 8.74. The third-order valence-corrected chi connectivity index (χ3v) is 4.85. The molecule has 0 radical (unpaired) electrons. The summed E-state index contributed by atoms with van der Waals surface area (Å²) in [5.41, 5.74) is 3.08. The quantitative estimate of drug-likeness (QED) is 0.364. The Hall–Kier alpha value is -3.41. The number of ether oxygens (including phenoxy) is 1. The van der Waals surface area contributed by atoms with Crippen LogP contribution in [0.4, 0.5) is 0 Å². The van der Waals surface area contributed by atoms with Gasteiger partial charge in [-0.3, -0.25) is 9.59 Å². The monoisotopic (exact) mass is 406 g/mol. The summed E-state index contributed by atoms with van der Waals surface area (Å²) in [4.78, 5) is 27.7. The Morgan fingerprint density at radius 1 is 1.03 bits per heavy atom. The SMILES string of the molecule is Cc1ccc(OCCCCCCC(=O)O)c(C(=O)c2ccc(-n3ccnc3)cc2)c1. The number of hydrogen-bond donors (Lipinski definition) is 1. The Bertz CT molecular complexity index is 979. The highest BCUT2D eigenvalue weighted by Gasteiger charge is 2.15. The fourth-order valence-electron chi connectivity index (χ4n) is 3.21. The van der Waals surface area contributed by atoms with E-state index in [9.17, 15) is 9.59 Å². The Balaban J connectivity index is 1.62. The van der Waals surface area contributed by atoms with E-state index < -0.39 is 5.97 Å². The second kappa shape index (κ2) is 10.4. The van der Waals surface area contributed by atoms with E-state index in [2.05, 4.69) is 4.98 Å². The number of imidazole rings is 1. The number of rotatable bonds is 11. The Kier molecular flexibility index (Phi) is 7.38. The number of unbranched alkanes of at least 4 members (excludes halogenated alkanes) is 3. The Morgan fingerprint density at radius 2 is 1.80 bits per heavy atom. The predicted octanol–water partition coefficient (Wildman–Crippen LogP) is 4.83. The molecule has 6 nitrogen and oxygen atoms in total. The molecule has 0 saturated carbocycles. The number of carboxylic acid groups (broad SMARTS) is 1. The molecule has 0 amide bonds. The minimum atomic E-state index is -0.757. The van der Waals surface area contributed by atoms with Gasteiger partial charge < -0.3 is 14.4 Å². The zero-order chi connectivity index (χ0) is 21.3. The lowest BCUT2D eigenvalue weighted by Crippen LogP contribution is -2.07. The van der Waals surface area contributed by atoms with Gasteiger partial charge in [-0.15, -0.1) is 0 Å². The molecule has 0 bridgehead atoms. The maximum atomic E-state index is 13.1. The molecule has 0 atom stereocenters. The van der Waals surface area contributed by atoms with Crippen LogP contribution in [0.2, 0.25) is 0 Å². The van der Waals surface area contributed by atoms with E-state index in [1.165, 1.54) is 0 Å². The first kappa shape index (κ1) is 21.3. The smallest absolute Gasteiger partial charge is 0.303 e. The molecular formula is C24H26N2O4. The highest BCUT2D eigenvalue weighted by atomic mass is 16.5. The van der Waals surface area contributed by atoms with Crippen LogP contribution in [0.1, 0.15) is 53.6 Å². The van der Waals surface area contributed by atoms with Crippen LogP contribution in [0.15, 0.2) is 61.2 Å². The van der Waals surface area contributed by atoms with Crippen LogP contribution < -0.4 is 4.74 Å². The van der Waals surface area contributed by atoms with E-state index in [1.807, 2.05) is 60.2 Å². The van der Waals surface area contributed by atoms with E-state index in [-0.39, 0.29) is 12.2 Å². The molecule has 1 aromatic heterocycles. The standard InChI is InChI=1S/C24H26N2O4/c1-18-7-12-22(30-15-5-3-2-4-6-23(27)28)21(16-18)24(29)19-8-10-20(11-9-19)26-14-13-25-17-26/h7-14,16-17H,2-6,15H2,1H3,(H,27,28). The molecule has 0 saturated heterocycles. The van der Waals surface area contributed by atoms with E-state index in [0.717, 1.165) is 30.5 Å². The summed E-state index contributed by atoms with van der Waals surface area (Å²) in [6.45, 7) is 2.45. The van der Waals surface area contributed by atoms with Crippen LogP contribution in [0.3, 0.4) is 0 Å². The average molecular weight is 406 g/mol. The number of aryl methyl sites for hydroxylation is 1. The van der Waals surface area contributed by atoms with Crippen LogP contribution in [0.5, 0.6) is 5.75 Å². The first-order valence-electron chi connectivity index (χ1n) is 10.1. The van der Waals surface area contributed by atoms with Gasteiger partial charge >= 0.3 is 5.97 Å². The molecule has 30 heavy (non-hydrogen) atoms. The van der Waals surface area contributed by atoms with Gasteiger partial charge in [-0.05, 0) is 56.2 Å². The first-order valence-corrected chi connectivity index (χ1v) is 10.1. The molecule has 3 aromatic rings. The number of aromatic nitrogens is 2. The van der Waals surface area contributed by atoms with Gasteiger partial charge in [0.15, 0.2) is 5.78 Å². The van der Waals surface area contributed by atoms with Crippen molar-refractivity contribution >= 4 is 11.8 Å². The minimum absolute atomic E-state index is 0.0765. The molecule has 1 heterocycles. The summed E-state index contributed by atoms with van der Waals surface area (Å²) >= 11 is 0. The maximum Gasteiger partial charge on any atom is 0.303 e. The first-order chi connectivity index (χ1) is 14.5. The van der Waals surface area contributed by atoms with Gasteiger partial charge in [0.1, 0.15) is 5.75 Å². The van der Waals surface area contributed by atoms with Crippen molar-refractivity contribution in [1.29, 1.82) is 0 Å². The van der Waals surface area contributed by atoms with Crippen LogP contribution >= 0.6 is 0 Å². The number of carbonyl (C=O) groups is 2. The molecule has 2 aromatic carbocycles. The summed E-state index contributed by atoms with van der Waals surface area (Å²) < 4.78 is 7.78. The zero-order valence-electron chi connectivity index (χ0n) is 17.1. The van der Waals surface area contributed by atoms with E-state index in [4.69, 9.17) is 9.84 Å². The van der Waals surface area contributed by atoms with Crippen LogP contribution in [0.25, 0.3) is 5.69 Å². The molecular weight excluding hydrogens is 380 g/mol. The van der Waals surface area contributed by atoms with Gasteiger partial charge in [0, 0.05) is 30.1 Å². The molecule has 0 unspecified atom stereocenters. The molecule has 0 aliphatic heterocycles. The lowest BCUT2D eigenvalue weighted by Gasteiger charge is -2.12. The van der Waals surface area contributed by atoms with Crippen molar-refractivity contribution in [2.75, 3.05) is 6.61 Å². The fourth-order valence-corrected chi connectivity index (χ4v) is 3.21. The molecule has 156 valence electrons. The van der Waals surface area contributed by atoms with Crippen molar-refractivity contribution < 1.29 is 19.4 Å². The number of carbonyl (C=O) groups excluding carboxylic acids is 1. The van der Waals surface area contributed by atoms with Crippen LogP contribution in [-0.4, -0.2) is 33.0 Å². The topological polar surface area (TPSA) is 81.4 Å². The number of ketones is 1. The third-order valence-electron chi connectivity index (χ3n) is 4.85. The Labute approximate surface area is 176 Å². The fraction of sp³-hybridized carbons (Fsp3) is 0.292. The third kappa shape index (κ3) is 5.80. The van der Waals surface area contributed by atoms with Crippen LogP contribution in [0, 0.1) is 6.92 Å². The number of nitrogens with zero attached hydrogens (tertiary/aromatic N) is 2. The lowest BCUT2D eigenvalue weighted by atomic mass is 10.0. The molecule has 0 aliphatic rings. The van der Waals surface area contributed by atoms with Crippen molar-refractivity contribution in [2.45, 2.75) is 39.0 Å². The van der Waals surface area contributed by atoms with E-state index >= 15 is 0 Å². The second-order valence-electron chi connectivity index (χ2n) is 7.25. The van der Waals surface area contributed by atoms with Gasteiger partial charge in [-0.25, -0.2) is 4.98 Å². The summed E-state index contributed by atoms with van der Waals surface area (Å²) in [5, 5.41) is 8.67. The summed E-state index contributed by atoms with van der Waals surface area (Å²) in [5.74, 6) is -0.255. The largest absolute Gasteiger partial charge is 0.493 e. The maximum absolute atomic E-state index is 13.1. The summed E-state index contributed by atoms with van der Waals surface area (Å²) in [6, 6.07) is 13.0. The second-order valence-corrected chi connectivity index (χ2v) is 7.25. The number of carboxylic acids is 1. The lowest BCUT2D eigenvalue weighted by molar-refractivity contribution is -0.137. The van der Waals surface area contributed by atoms with Gasteiger partial charge in [-0.1, -0.05) is 24.5 Å².